The van der Waals surface area contributed by atoms with Crippen molar-refractivity contribution in [3.05, 3.63) is 95.3 Å². The number of aryl methyl sites for hydroxylation is 1. The van der Waals surface area contributed by atoms with E-state index in [0.29, 0.717) is 5.56 Å². The summed E-state index contributed by atoms with van der Waals surface area (Å²) in [6.45, 7) is 1.63. The molecule has 4 N–H and O–H groups in total. The van der Waals surface area contributed by atoms with Gasteiger partial charge in [-0.25, -0.2) is 18.5 Å². The molecule has 0 spiro atoms. The number of nitrogens with two attached hydrogens (primary N) is 1. The summed E-state index contributed by atoms with van der Waals surface area (Å²) in [7, 11) is -3.93. The number of hydrogen-bond acceptors (Lipinski definition) is 4. The number of amides is 1. The number of imidazole rings is 1. The van der Waals surface area contributed by atoms with Crippen molar-refractivity contribution in [2.24, 2.45) is 5.14 Å². The number of fused-ring (bicyclic) bond motifs is 1. The van der Waals surface area contributed by atoms with Crippen LogP contribution in [0.25, 0.3) is 11.0 Å². The van der Waals surface area contributed by atoms with Crippen molar-refractivity contribution in [1.29, 1.82) is 0 Å². The molecule has 1 aromatic heterocycles. The minimum Gasteiger partial charge on any atom is -0.345 e. The van der Waals surface area contributed by atoms with Gasteiger partial charge in [0.1, 0.15) is 0 Å². The fourth-order valence-electron chi connectivity index (χ4n) is 3.40. The fraction of sp³-hybridized carbons (Fsp3) is 0.0909. The SMILES string of the molecule is Cc1ccc(C(=O)NC(c2ccccc2)c2ccc3nc[nH]c3c2)cc1S(N)(=O)=O. The summed E-state index contributed by atoms with van der Waals surface area (Å²) in [6.07, 6.45) is 1.62. The number of carbonyl (C=O) groups excluding carboxylic acids is 1. The van der Waals surface area contributed by atoms with Gasteiger partial charge in [-0.15, -0.1) is 0 Å². The van der Waals surface area contributed by atoms with Crippen LogP contribution < -0.4 is 10.5 Å². The number of rotatable bonds is 5. The molecule has 1 unspecified atom stereocenters. The van der Waals surface area contributed by atoms with E-state index < -0.39 is 22.0 Å². The standard InChI is InChI=1S/C22H20N4O3S/c1-14-7-8-17(12-20(14)30(23,28)29)22(27)26-21(15-5-3-2-4-6-15)16-9-10-18-19(11-16)25-13-24-18/h2-13,21H,1H3,(H,24,25)(H,26,27)(H2,23,28,29). The van der Waals surface area contributed by atoms with Crippen molar-refractivity contribution in [3.63, 3.8) is 0 Å². The van der Waals surface area contributed by atoms with Gasteiger partial charge in [0.25, 0.3) is 5.91 Å². The first kappa shape index (κ1) is 19.8. The monoisotopic (exact) mass is 420 g/mol. The second-order valence-corrected chi connectivity index (χ2v) is 8.55. The lowest BCUT2D eigenvalue weighted by Gasteiger charge is -2.20. The van der Waals surface area contributed by atoms with E-state index in [1.54, 1.807) is 25.4 Å². The normalized spacial score (nSPS) is 12.6. The van der Waals surface area contributed by atoms with E-state index in [9.17, 15) is 13.2 Å². The van der Waals surface area contributed by atoms with Gasteiger partial charge in [0, 0.05) is 5.56 Å². The van der Waals surface area contributed by atoms with Crippen molar-refractivity contribution in [2.75, 3.05) is 0 Å². The van der Waals surface area contributed by atoms with Crippen LogP contribution >= 0.6 is 0 Å². The van der Waals surface area contributed by atoms with E-state index in [1.165, 1.54) is 6.07 Å². The maximum absolute atomic E-state index is 13.0. The van der Waals surface area contributed by atoms with Gasteiger partial charge in [0.15, 0.2) is 0 Å². The third-order valence-electron chi connectivity index (χ3n) is 4.94. The van der Waals surface area contributed by atoms with Crippen LogP contribution in [0.1, 0.15) is 33.1 Å². The number of aromatic nitrogens is 2. The number of aromatic amines is 1. The van der Waals surface area contributed by atoms with E-state index in [4.69, 9.17) is 5.14 Å². The largest absolute Gasteiger partial charge is 0.345 e. The van der Waals surface area contributed by atoms with Crippen LogP contribution in [0.4, 0.5) is 0 Å². The summed E-state index contributed by atoms with van der Waals surface area (Å²) in [4.78, 5) is 20.3. The average Bonchev–Trinajstić information content (AvgIpc) is 3.20. The van der Waals surface area contributed by atoms with Crippen LogP contribution in [0, 0.1) is 6.92 Å². The molecule has 0 aliphatic rings. The molecule has 4 rings (SSSR count). The first-order valence-corrected chi connectivity index (χ1v) is 10.8. The Morgan fingerprint density at radius 2 is 1.80 bits per heavy atom. The molecule has 0 bridgehead atoms. The third-order valence-corrected chi connectivity index (χ3v) is 6.00. The van der Waals surface area contributed by atoms with Gasteiger partial charge in [-0.05, 0) is 47.9 Å². The van der Waals surface area contributed by atoms with Gasteiger partial charge < -0.3 is 10.3 Å². The molecule has 3 aromatic carbocycles. The van der Waals surface area contributed by atoms with E-state index in [1.807, 2.05) is 48.5 Å². The molecule has 1 heterocycles. The van der Waals surface area contributed by atoms with Crippen LogP contribution in [-0.4, -0.2) is 24.3 Å². The zero-order valence-corrected chi connectivity index (χ0v) is 17.0. The Hall–Kier alpha value is -3.49. The van der Waals surface area contributed by atoms with Crippen LogP contribution in [0.3, 0.4) is 0 Å². The maximum Gasteiger partial charge on any atom is 0.252 e. The zero-order valence-electron chi connectivity index (χ0n) is 16.2. The first-order valence-electron chi connectivity index (χ1n) is 9.25. The van der Waals surface area contributed by atoms with Crippen molar-refractivity contribution in [2.45, 2.75) is 17.9 Å². The van der Waals surface area contributed by atoms with Crippen molar-refractivity contribution < 1.29 is 13.2 Å². The molecule has 1 amide bonds. The van der Waals surface area contributed by atoms with Crippen LogP contribution in [0.15, 0.2) is 78.0 Å². The van der Waals surface area contributed by atoms with E-state index >= 15 is 0 Å². The second kappa shape index (κ2) is 7.74. The molecule has 0 aliphatic heterocycles. The van der Waals surface area contributed by atoms with Gasteiger partial charge >= 0.3 is 0 Å². The third kappa shape index (κ3) is 3.96. The summed E-state index contributed by atoms with van der Waals surface area (Å²) in [5.41, 5.74) is 4.14. The van der Waals surface area contributed by atoms with Crippen molar-refractivity contribution >= 4 is 27.0 Å². The minimum atomic E-state index is -3.93. The van der Waals surface area contributed by atoms with Crippen molar-refractivity contribution in [3.8, 4) is 0 Å². The Morgan fingerprint density at radius 1 is 1.03 bits per heavy atom. The first-order chi connectivity index (χ1) is 14.3. The van der Waals surface area contributed by atoms with Crippen LogP contribution in [0.2, 0.25) is 0 Å². The van der Waals surface area contributed by atoms with E-state index in [2.05, 4.69) is 15.3 Å². The number of primary sulfonamides is 1. The summed E-state index contributed by atoms with van der Waals surface area (Å²) < 4.78 is 23.7. The highest BCUT2D eigenvalue weighted by Gasteiger charge is 2.20. The lowest BCUT2D eigenvalue weighted by Crippen LogP contribution is -2.29. The smallest absolute Gasteiger partial charge is 0.252 e. The summed E-state index contributed by atoms with van der Waals surface area (Å²) in [5.74, 6) is -0.404. The number of nitrogens with one attached hydrogen (secondary N) is 2. The van der Waals surface area contributed by atoms with Gasteiger partial charge in [-0.1, -0.05) is 42.5 Å². The summed E-state index contributed by atoms with van der Waals surface area (Å²) >= 11 is 0. The molecule has 4 aromatic rings. The molecule has 0 radical (unpaired) electrons. The molecule has 0 saturated carbocycles. The average molecular weight is 420 g/mol. The second-order valence-electron chi connectivity index (χ2n) is 7.02. The Labute approximate surface area is 174 Å². The Balaban J connectivity index is 1.73. The van der Waals surface area contributed by atoms with E-state index in [0.717, 1.165) is 22.2 Å². The Bertz CT molecular complexity index is 1330. The highest BCUT2D eigenvalue weighted by atomic mass is 32.2. The number of sulfonamides is 1. The highest BCUT2D eigenvalue weighted by molar-refractivity contribution is 7.89. The summed E-state index contributed by atoms with van der Waals surface area (Å²) in [5, 5.41) is 8.30. The predicted molar refractivity (Wildman–Crippen MR) is 114 cm³/mol. The van der Waals surface area contributed by atoms with E-state index in [-0.39, 0.29) is 10.5 Å². The Morgan fingerprint density at radius 3 is 2.53 bits per heavy atom. The molecule has 0 aliphatic carbocycles. The van der Waals surface area contributed by atoms with Gasteiger partial charge in [0.2, 0.25) is 10.0 Å². The molecule has 1 atom stereocenters. The molecular formula is C22H20N4O3S. The number of nitrogens with zero attached hydrogens (tertiary/aromatic N) is 1. The molecular weight excluding hydrogens is 400 g/mol. The highest BCUT2D eigenvalue weighted by Crippen LogP contribution is 2.25. The molecule has 8 heteroatoms. The van der Waals surface area contributed by atoms with Gasteiger partial charge in [-0.2, -0.15) is 0 Å². The molecule has 0 fully saturated rings. The topological polar surface area (TPSA) is 118 Å². The molecule has 7 nitrogen and oxygen atoms in total. The molecule has 152 valence electrons. The number of H-pyrrole nitrogens is 1. The maximum atomic E-state index is 13.0. The lowest BCUT2D eigenvalue weighted by atomic mass is 9.97. The summed E-state index contributed by atoms with van der Waals surface area (Å²) in [6, 6.07) is 19.3. The number of carbonyl (C=O) groups is 1. The molecule has 0 saturated heterocycles. The Kier molecular flexibility index (Phi) is 5.11. The lowest BCUT2D eigenvalue weighted by molar-refractivity contribution is 0.0942. The minimum absolute atomic E-state index is 0.0645. The van der Waals surface area contributed by atoms with Gasteiger partial charge in [-0.3, -0.25) is 4.79 Å². The molecule has 30 heavy (non-hydrogen) atoms. The van der Waals surface area contributed by atoms with Crippen LogP contribution in [0.5, 0.6) is 0 Å². The zero-order chi connectivity index (χ0) is 21.3. The fourth-order valence-corrected chi connectivity index (χ4v) is 4.21. The predicted octanol–water partition coefficient (Wildman–Crippen LogP) is 3.04. The quantitative estimate of drug-likeness (QED) is 0.460. The van der Waals surface area contributed by atoms with Crippen molar-refractivity contribution in [1.82, 2.24) is 15.3 Å². The number of benzene rings is 3. The van der Waals surface area contributed by atoms with Crippen LogP contribution in [-0.2, 0) is 10.0 Å². The number of hydrogen-bond donors (Lipinski definition) is 3. The van der Waals surface area contributed by atoms with Gasteiger partial charge in [0.05, 0.1) is 28.3 Å².